The molecule has 0 aliphatic carbocycles. The molecule has 3 heteroatoms. The van der Waals surface area contributed by atoms with Crippen LogP contribution < -0.4 is 5.73 Å². The van der Waals surface area contributed by atoms with Crippen LogP contribution in [0.3, 0.4) is 0 Å². The van der Waals surface area contributed by atoms with E-state index in [1.54, 1.807) is 7.11 Å². The summed E-state index contributed by atoms with van der Waals surface area (Å²) in [5, 5.41) is 0. The van der Waals surface area contributed by atoms with Crippen LogP contribution in [0.4, 0.5) is 0 Å². The average Bonchev–Trinajstić information content (AvgIpc) is 2.21. The highest BCUT2D eigenvalue weighted by atomic mass is 16.5. The number of nitrogens with two attached hydrogens (primary N) is 1. The molecule has 2 N–H and O–H groups in total. The molecule has 1 atom stereocenters. The van der Waals surface area contributed by atoms with E-state index in [2.05, 4.69) is 4.90 Å². The van der Waals surface area contributed by atoms with Gasteiger partial charge in [-0.25, -0.2) is 0 Å². The van der Waals surface area contributed by atoms with Gasteiger partial charge in [0.2, 0.25) is 0 Å². The summed E-state index contributed by atoms with van der Waals surface area (Å²) in [6.07, 6.45) is 8.28. The molecule has 0 spiro atoms. The van der Waals surface area contributed by atoms with Crippen molar-refractivity contribution in [1.29, 1.82) is 0 Å². The van der Waals surface area contributed by atoms with E-state index in [1.807, 2.05) is 0 Å². The van der Waals surface area contributed by atoms with Crippen molar-refractivity contribution in [3.63, 3.8) is 0 Å². The largest absolute Gasteiger partial charge is 0.380 e. The molecule has 0 bridgehead atoms. The zero-order chi connectivity index (χ0) is 10.9. The zero-order valence-corrected chi connectivity index (χ0v) is 10.1. The maximum atomic E-state index is 5.61. The highest BCUT2D eigenvalue weighted by molar-refractivity contribution is 4.66. The third kappa shape index (κ3) is 5.50. The maximum Gasteiger partial charge on any atom is 0.0705 e. The fourth-order valence-electron chi connectivity index (χ4n) is 2.20. The SMILES string of the molecule is COC(CN)CCN1CCCCCCC1. The summed E-state index contributed by atoms with van der Waals surface area (Å²) in [7, 11) is 1.75. The Balaban J connectivity index is 2.16. The number of ether oxygens (including phenoxy) is 1. The van der Waals surface area contributed by atoms with Crippen molar-refractivity contribution in [3.05, 3.63) is 0 Å². The molecule has 0 aromatic heterocycles. The predicted molar refractivity (Wildman–Crippen MR) is 64.0 cm³/mol. The van der Waals surface area contributed by atoms with Crippen LogP contribution in [0.5, 0.6) is 0 Å². The standard InChI is InChI=1S/C12H26N2O/c1-15-12(11-13)7-10-14-8-5-3-2-4-6-9-14/h12H,2-11,13H2,1H3. The van der Waals surface area contributed by atoms with E-state index in [0.717, 1.165) is 13.0 Å². The fraction of sp³-hybridized carbons (Fsp3) is 1.00. The van der Waals surface area contributed by atoms with Crippen molar-refractivity contribution >= 4 is 0 Å². The van der Waals surface area contributed by atoms with Gasteiger partial charge < -0.3 is 15.4 Å². The lowest BCUT2D eigenvalue weighted by molar-refractivity contribution is 0.0880. The lowest BCUT2D eigenvalue weighted by Gasteiger charge is -2.25. The van der Waals surface area contributed by atoms with Crippen molar-refractivity contribution in [2.24, 2.45) is 5.73 Å². The highest BCUT2D eigenvalue weighted by Crippen LogP contribution is 2.11. The Morgan fingerprint density at radius 2 is 1.73 bits per heavy atom. The molecule has 1 unspecified atom stereocenters. The third-order valence-corrected chi connectivity index (χ3v) is 3.31. The second-order valence-electron chi connectivity index (χ2n) is 4.49. The van der Waals surface area contributed by atoms with E-state index < -0.39 is 0 Å². The first-order chi connectivity index (χ1) is 7.36. The molecule has 1 heterocycles. The van der Waals surface area contributed by atoms with Crippen LogP contribution in [0.15, 0.2) is 0 Å². The van der Waals surface area contributed by atoms with Gasteiger partial charge in [-0.3, -0.25) is 0 Å². The summed E-state index contributed by atoms with van der Waals surface area (Å²) in [6, 6.07) is 0. The van der Waals surface area contributed by atoms with Crippen molar-refractivity contribution < 1.29 is 4.74 Å². The van der Waals surface area contributed by atoms with Crippen molar-refractivity contribution in [2.75, 3.05) is 33.3 Å². The lowest BCUT2D eigenvalue weighted by atomic mass is 10.1. The van der Waals surface area contributed by atoms with Crippen LogP contribution >= 0.6 is 0 Å². The van der Waals surface area contributed by atoms with Crippen LogP contribution in [0.2, 0.25) is 0 Å². The summed E-state index contributed by atoms with van der Waals surface area (Å²) in [5.74, 6) is 0. The number of methoxy groups -OCH3 is 1. The first-order valence-corrected chi connectivity index (χ1v) is 6.32. The minimum Gasteiger partial charge on any atom is -0.380 e. The van der Waals surface area contributed by atoms with Gasteiger partial charge in [-0.1, -0.05) is 19.3 Å². The second kappa shape index (κ2) is 8.08. The number of rotatable bonds is 5. The monoisotopic (exact) mass is 214 g/mol. The molecule has 1 fully saturated rings. The Labute approximate surface area is 94.0 Å². The third-order valence-electron chi connectivity index (χ3n) is 3.31. The van der Waals surface area contributed by atoms with Gasteiger partial charge in [-0.05, 0) is 32.4 Å². The zero-order valence-electron chi connectivity index (χ0n) is 10.1. The summed E-state index contributed by atoms with van der Waals surface area (Å²) in [5.41, 5.74) is 5.61. The molecule has 1 aliphatic rings. The molecule has 0 aromatic rings. The predicted octanol–water partition coefficient (Wildman–Crippen LogP) is 1.62. The molecule has 1 rings (SSSR count). The lowest BCUT2D eigenvalue weighted by Crippen LogP contribution is -2.33. The van der Waals surface area contributed by atoms with Gasteiger partial charge in [0.1, 0.15) is 0 Å². The van der Waals surface area contributed by atoms with E-state index in [9.17, 15) is 0 Å². The van der Waals surface area contributed by atoms with E-state index in [0.29, 0.717) is 6.54 Å². The van der Waals surface area contributed by atoms with Gasteiger partial charge >= 0.3 is 0 Å². The van der Waals surface area contributed by atoms with Gasteiger partial charge in [-0.2, -0.15) is 0 Å². The Bertz CT molecular complexity index is 141. The van der Waals surface area contributed by atoms with Gasteiger partial charge in [0.25, 0.3) is 0 Å². The summed E-state index contributed by atoms with van der Waals surface area (Å²) < 4.78 is 5.29. The van der Waals surface area contributed by atoms with Gasteiger partial charge in [0.15, 0.2) is 0 Å². The van der Waals surface area contributed by atoms with Crippen LogP contribution in [0.25, 0.3) is 0 Å². The molecular formula is C12H26N2O. The minimum absolute atomic E-state index is 0.246. The molecule has 1 saturated heterocycles. The second-order valence-corrected chi connectivity index (χ2v) is 4.49. The smallest absolute Gasteiger partial charge is 0.0705 e. The Hall–Kier alpha value is -0.120. The molecule has 0 radical (unpaired) electrons. The van der Waals surface area contributed by atoms with Crippen LogP contribution in [0.1, 0.15) is 38.5 Å². The number of hydrogen-bond acceptors (Lipinski definition) is 3. The topological polar surface area (TPSA) is 38.5 Å². The van der Waals surface area contributed by atoms with E-state index >= 15 is 0 Å². The van der Waals surface area contributed by atoms with Gasteiger partial charge in [0, 0.05) is 20.2 Å². The number of nitrogens with zero attached hydrogens (tertiary/aromatic N) is 1. The Morgan fingerprint density at radius 1 is 1.13 bits per heavy atom. The van der Waals surface area contributed by atoms with Crippen molar-refractivity contribution in [2.45, 2.75) is 44.6 Å². The molecule has 90 valence electrons. The normalized spacial score (nSPS) is 22.0. The maximum absolute atomic E-state index is 5.61. The van der Waals surface area contributed by atoms with Gasteiger partial charge in [-0.15, -0.1) is 0 Å². The highest BCUT2D eigenvalue weighted by Gasteiger charge is 2.10. The Morgan fingerprint density at radius 3 is 2.27 bits per heavy atom. The summed E-state index contributed by atoms with van der Waals surface area (Å²) in [4.78, 5) is 2.57. The Kier molecular flexibility index (Phi) is 6.98. The van der Waals surface area contributed by atoms with Crippen LogP contribution in [-0.4, -0.2) is 44.3 Å². The molecule has 1 aliphatic heterocycles. The molecule has 0 aromatic carbocycles. The quantitative estimate of drug-likeness (QED) is 0.756. The van der Waals surface area contributed by atoms with E-state index in [1.165, 1.54) is 45.2 Å². The van der Waals surface area contributed by atoms with Gasteiger partial charge in [0.05, 0.1) is 6.10 Å². The van der Waals surface area contributed by atoms with Crippen molar-refractivity contribution in [1.82, 2.24) is 4.90 Å². The molecule has 0 saturated carbocycles. The van der Waals surface area contributed by atoms with E-state index in [-0.39, 0.29) is 6.10 Å². The molecule has 0 amide bonds. The minimum atomic E-state index is 0.246. The van der Waals surface area contributed by atoms with Crippen LogP contribution in [-0.2, 0) is 4.74 Å². The molecule has 3 nitrogen and oxygen atoms in total. The van der Waals surface area contributed by atoms with Crippen LogP contribution in [0, 0.1) is 0 Å². The van der Waals surface area contributed by atoms with Crippen molar-refractivity contribution in [3.8, 4) is 0 Å². The number of hydrogen-bond donors (Lipinski definition) is 1. The molecular weight excluding hydrogens is 188 g/mol. The first-order valence-electron chi connectivity index (χ1n) is 6.32. The average molecular weight is 214 g/mol. The first kappa shape index (κ1) is 12.9. The molecule has 15 heavy (non-hydrogen) atoms. The fourth-order valence-corrected chi connectivity index (χ4v) is 2.20. The summed E-state index contributed by atoms with van der Waals surface area (Å²) in [6.45, 7) is 4.32. The summed E-state index contributed by atoms with van der Waals surface area (Å²) >= 11 is 0. The van der Waals surface area contributed by atoms with E-state index in [4.69, 9.17) is 10.5 Å². The number of likely N-dealkylation sites (tertiary alicyclic amines) is 1.